The molecular formula is C17H17N3O3. The van der Waals surface area contributed by atoms with Crippen molar-refractivity contribution in [2.24, 2.45) is 0 Å². The molecule has 1 amide bonds. The lowest BCUT2D eigenvalue weighted by molar-refractivity contribution is 0.0599. The van der Waals surface area contributed by atoms with E-state index >= 15 is 0 Å². The van der Waals surface area contributed by atoms with Crippen molar-refractivity contribution >= 4 is 11.9 Å². The smallest absolute Gasteiger partial charge is 0.339 e. The van der Waals surface area contributed by atoms with E-state index in [-0.39, 0.29) is 5.91 Å². The lowest BCUT2D eigenvalue weighted by Crippen LogP contribution is -2.39. The van der Waals surface area contributed by atoms with E-state index in [2.05, 4.69) is 9.97 Å². The summed E-state index contributed by atoms with van der Waals surface area (Å²) in [4.78, 5) is 34.5. The van der Waals surface area contributed by atoms with Crippen LogP contribution in [-0.4, -0.2) is 46.9 Å². The Balaban J connectivity index is 1.73. The summed E-state index contributed by atoms with van der Waals surface area (Å²) < 4.78 is 4.77. The Labute approximate surface area is 134 Å². The molecule has 3 rings (SSSR count). The molecule has 0 aromatic carbocycles. The number of hydrogen-bond donors (Lipinski definition) is 0. The first-order chi connectivity index (χ1) is 11.2. The van der Waals surface area contributed by atoms with Gasteiger partial charge in [-0.3, -0.25) is 14.8 Å². The Morgan fingerprint density at radius 2 is 2.04 bits per heavy atom. The summed E-state index contributed by atoms with van der Waals surface area (Å²) in [7, 11) is 1.34. The predicted molar refractivity (Wildman–Crippen MR) is 83.1 cm³/mol. The maximum atomic E-state index is 12.5. The summed E-state index contributed by atoms with van der Waals surface area (Å²) in [6.45, 7) is 1.14. The molecule has 2 aromatic heterocycles. The molecule has 0 fully saturated rings. The largest absolute Gasteiger partial charge is 0.465 e. The highest BCUT2D eigenvalue weighted by molar-refractivity contribution is 5.96. The minimum absolute atomic E-state index is 0.0186. The van der Waals surface area contributed by atoms with Gasteiger partial charge in [0.25, 0.3) is 5.91 Å². The second-order valence-electron chi connectivity index (χ2n) is 5.28. The zero-order valence-electron chi connectivity index (χ0n) is 12.9. The third-order valence-electron chi connectivity index (χ3n) is 3.94. The van der Waals surface area contributed by atoms with E-state index < -0.39 is 5.97 Å². The Bertz CT molecular complexity index is 745. The van der Waals surface area contributed by atoms with Crippen LogP contribution in [-0.2, 0) is 17.6 Å². The highest BCUT2D eigenvalue weighted by Crippen LogP contribution is 2.17. The summed E-state index contributed by atoms with van der Waals surface area (Å²) in [5, 5.41) is 0. The SMILES string of the molecule is COC(=O)c1cccnc1CCN1CCc2ncccc2C1=O. The van der Waals surface area contributed by atoms with Gasteiger partial charge >= 0.3 is 5.97 Å². The predicted octanol–water partition coefficient (Wildman–Crippen LogP) is 1.50. The highest BCUT2D eigenvalue weighted by Gasteiger charge is 2.25. The highest BCUT2D eigenvalue weighted by atomic mass is 16.5. The number of ether oxygens (including phenoxy) is 1. The Morgan fingerprint density at radius 3 is 2.87 bits per heavy atom. The van der Waals surface area contributed by atoms with Crippen molar-refractivity contribution in [3.05, 3.63) is 59.2 Å². The molecule has 0 saturated heterocycles. The van der Waals surface area contributed by atoms with Crippen molar-refractivity contribution in [3.63, 3.8) is 0 Å². The van der Waals surface area contributed by atoms with Crippen molar-refractivity contribution < 1.29 is 14.3 Å². The number of carbonyl (C=O) groups is 2. The second-order valence-corrected chi connectivity index (χ2v) is 5.28. The lowest BCUT2D eigenvalue weighted by Gasteiger charge is -2.27. The third-order valence-corrected chi connectivity index (χ3v) is 3.94. The van der Waals surface area contributed by atoms with Gasteiger partial charge in [-0.2, -0.15) is 0 Å². The number of methoxy groups -OCH3 is 1. The van der Waals surface area contributed by atoms with Gasteiger partial charge in [0.15, 0.2) is 0 Å². The molecule has 0 spiro atoms. The molecule has 6 heteroatoms. The zero-order chi connectivity index (χ0) is 16.2. The first-order valence-electron chi connectivity index (χ1n) is 7.46. The molecule has 6 nitrogen and oxygen atoms in total. The van der Waals surface area contributed by atoms with E-state index in [1.165, 1.54) is 7.11 Å². The van der Waals surface area contributed by atoms with Crippen LogP contribution in [0.3, 0.4) is 0 Å². The van der Waals surface area contributed by atoms with Crippen molar-refractivity contribution in [1.29, 1.82) is 0 Å². The van der Waals surface area contributed by atoms with Gasteiger partial charge in [-0.05, 0) is 24.3 Å². The first-order valence-corrected chi connectivity index (χ1v) is 7.46. The third kappa shape index (κ3) is 3.06. The van der Waals surface area contributed by atoms with Crippen LogP contribution in [0.2, 0.25) is 0 Å². The Morgan fingerprint density at radius 1 is 1.26 bits per heavy atom. The number of nitrogens with zero attached hydrogens (tertiary/aromatic N) is 3. The Hall–Kier alpha value is -2.76. The molecule has 0 atom stereocenters. The van der Waals surface area contributed by atoms with Gasteiger partial charge in [-0.1, -0.05) is 0 Å². The minimum atomic E-state index is -0.410. The van der Waals surface area contributed by atoms with Gasteiger partial charge in [0.1, 0.15) is 0 Å². The number of esters is 1. The van der Waals surface area contributed by atoms with Gasteiger partial charge < -0.3 is 9.64 Å². The second kappa shape index (κ2) is 6.56. The van der Waals surface area contributed by atoms with Gasteiger partial charge in [0.05, 0.1) is 29.6 Å². The lowest BCUT2D eigenvalue weighted by atomic mass is 10.0. The summed E-state index contributed by atoms with van der Waals surface area (Å²) in [5.41, 5.74) is 2.60. The maximum absolute atomic E-state index is 12.5. The summed E-state index contributed by atoms with van der Waals surface area (Å²) in [6, 6.07) is 6.96. The summed E-state index contributed by atoms with van der Waals surface area (Å²) in [5.74, 6) is -0.428. The number of pyridine rings is 2. The quantitative estimate of drug-likeness (QED) is 0.800. The standard InChI is InChI=1S/C17H17N3O3/c1-23-17(22)13-5-3-9-19-15(13)7-11-20-10-6-14-12(16(20)21)4-2-8-18-14/h2-5,8-9H,6-7,10-11H2,1H3. The molecule has 0 bridgehead atoms. The van der Waals surface area contributed by atoms with Crippen molar-refractivity contribution in [2.75, 3.05) is 20.2 Å². The van der Waals surface area contributed by atoms with Crippen LogP contribution in [0.5, 0.6) is 0 Å². The molecule has 1 aliphatic heterocycles. The topological polar surface area (TPSA) is 72.4 Å². The van der Waals surface area contributed by atoms with Crippen molar-refractivity contribution in [2.45, 2.75) is 12.8 Å². The molecule has 1 aliphatic rings. The molecule has 0 aliphatic carbocycles. The number of fused-ring (bicyclic) bond motifs is 1. The molecule has 0 N–H and O–H groups in total. The maximum Gasteiger partial charge on any atom is 0.339 e. The van der Waals surface area contributed by atoms with Crippen LogP contribution in [0.1, 0.15) is 32.1 Å². The van der Waals surface area contributed by atoms with Crippen LogP contribution in [0.25, 0.3) is 0 Å². The van der Waals surface area contributed by atoms with Gasteiger partial charge in [-0.15, -0.1) is 0 Å². The van der Waals surface area contributed by atoms with Gasteiger partial charge in [-0.25, -0.2) is 4.79 Å². The molecule has 2 aromatic rings. The zero-order valence-corrected chi connectivity index (χ0v) is 12.9. The average Bonchev–Trinajstić information content (AvgIpc) is 2.61. The summed E-state index contributed by atoms with van der Waals surface area (Å²) >= 11 is 0. The number of rotatable bonds is 4. The van der Waals surface area contributed by atoms with Gasteiger partial charge in [0.2, 0.25) is 0 Å². The molecule has 0 unspecified atom stereocenters. The molecular weight excluding hydrogens is 294 g/mol. The van der Waals surface area contributed by atoms with E-state index in [1.807, 2.05) is 0 Å². The van der Waals surface area contributed by atoms with Crippen LogP contribution in [0.4, 0.5) is 0 Å². The van der Waals surface area contributed by atoms with E-state index in [4.69, 9.17) is 4.74 Å². The number of aromatic nitrogens is 2. The summed E-state index contributed by atoms with van der Waals surface area (Å²) in [6.07, 6.45) is 4.60. The first kappa shape index (κ1) is 15.1. The van der Waals surface area contributed by atoms with Crippen LogP contribution < -0.4 is 0 Å². The van der Waals surface area contributed by atoms with Crippen molar-refractivity contribution in [1.82, 2.24) is 14.9 Å². The number of carbonyl (C=O) groups excluding carboxylic acids is 2. The van der Waals surface area contributed by atoms with Crippen LogP contribution in [0.15, 0.2) is 36.7 Å². The minimum Gasteiger partial charge on any atom is -0.465 e. The Kier molecular flexibility index (Phi) is 4.32. The average molecular weight is 311 g/mol. The van der Waals surface area contributed by atoms with E-state index in [1.54, 1.807) is 41.6 Å². The van der Waals surface area contributed by atoms with Crippen LogP contribution >= 0.6 is 0 Å². The normalized spacial score (nSPS) is 13.6. The fourth-order valence-corrected chi connectivity index (χ4v) is 2.73. The molecule has 23 heavy (non-hydrogen) atoms. The van der Waals surface area contributed by atoms with Gasteiger partial charge in [0, 0.05) is 38.3 Å². The monoisotopic (exact) mass is 311 g/mol. The number of hydrogen-bond acceptors (Lipinski definition) is 5. The van der Waals surface area contributed by atoms with E-state index in [9.17, 15) is 9.59 Å². The fraction of sp³-hybridized carbons (Fsp3) is 0.294. The molecule has 3 heterocycles. The molecule has 0 saturated carbocycles. The fourth-order valence-electron chi connectivity index (χ4n) is 2.73. The molecule has 118 valence electrons. The van der Waals surface area contributed by atoms with Crippen molar-refractivity contribution in [3.8, 4) is 0 Å². The van der Waals surface area contributed by atoms with Crippen LogP contribution in [0, 0.1) is 0 Å². The van der Waals surface area contributed by atoms with E-state index in [0.717, 1.165) is 12.1 Å². The molecule has 0 radical (unpaired) electrons. The van der Waals surface area contributed by atoms with E-state index in [0.29, 0.717) is 36.3 Å². The number of amides is 1.